The predicted molar refractivity (Wildman–Crippen MR) is 113 cm³/mol. The molecule has 2 aromatic carbocycles. The summed E-state index contributed by atoms with van der Waals surface area (Å²) >= 11 is 12.5. The second-order valence-electron chi connectivity index (χ2n) is 7.80. The van der Waals surface area contributed by atoms with Crippen LogP contribution in [0.3, 0.4) is 0 Å². The van der Waals surface area contributed by atoms with Gasteiger partial charge in [-0.05, 0) is 19.1 Å². The van der Waals surface area contributed by atoms with Gasteiger partial charge in [0.05, 0.1) is 24.1 Å². The molecule has 2 aliphatic heterocycles. The van der Waals surface area contributed by atoms with Gasteiger partial charge >= 0.3 is 0 Å². The number of hydrogen-bond donors (Lipinski definition) is 1. The van der Waals surface area contributed by atoms with Gasteiger partial charge in [-0.3, -0.25) is 5.41 Å². The molecule has 2 bridgehead atoms. The molecule has 2 aromatic rings. The van der Waals surface area contributed by atoms with E-state index in [-0.39, 0.29) is 5.02 Å². The zero-order valence-corrected chi connectivity index (χ0v) is 18.1. The second kappa shape index (κ2) is 6.98. The molecule has 31 heavy (non-hydrogen) atoms. The zero-order valence-electron chi connectivity index (χ0n) is 16.6. The third kappa shape index (κ3) is 2.49. The smallest absolute Gasteiger partial charge is 0.244 e. The van der Waals surface area contributed by atoms with Gasteiger partial charge in [0.2, 0.25) is 17.1 Å². The molecule has 2 fully saturated rings. The number of benzene rings is 2. The van der Waals surface area contributed by atoms with Gasteiger partial charge in [-0.2, -0.15) is 15.8 Å². The van der Waals surface area contributed by atoms with Crippen LogP contribution in [-0.4, -0.2) is 5.90 Å². The Kier molecular flexibility index (Phi) is 4.76. The van der Waals surface area contributed by atoms with E-state index in [1.54, 1.807) is 31.2 Å². The van der Waals surface area contributed by atoms with Crippen LogP contribution in [0.1, 0.15) is 29.7 Å². The molecular formula is C23H16Cl2N4O2. The monoisotopic (exact) mass is 450 g/mol. The Labute approximate surface area is 189 Å². The first-order valence-electron chi connectivity index (χ1n) is 9.44. The summed E-state index contributed by atoms with van der Waals surface area (Å²) in [5, 5.41) is 39.9. The lowest BCUT2D eigenvalue weighted by Crippen LogP contribution is -2.57. The molecule has 0 spiro atoms. The first-order valence-corrected chi connectivity index (χ1v) is 10.2. The summed E-state index contributed by atoms with van der Waals surface area (Å²) in [4.78, 5) is 0. The molecule has 4 atom stereocenters. The molecule has 0 amide bonds. The Balaban J connectivity index is 2.06. The van der Waals surface area contributed by atoms with Crippen LogP contribution in [0.4, 0.5) is 0 Å². The number of fused-ring (bicyclic) bond motifs is 2. The Morgan fingerprint density at radius 3 is 2.19 bits per heavy atom. The molecule has 4 rings (SSSR count). The maximum absolute atomic E-state index is 10.3. The Morgan fingerprint density at radius 2 is 1.65 bits per heavy atom. The molecule has 2 heterocycles. The Hall–Kier alpha value is -3.08. The quantitative estimate of drug-likeness (QED) is 0.656. The van der Waals surface area contributed by atoms with Gasteiger partial charge in [0.15, 0.2) is 5.41 Å². The van der Waals surface area contributed by atoms with Crippen LogP contribution in [0.5, 0.6) is 0 Å². The van der Waals surface area contributed by atoms with Gasteiger partial charge in [-0.1, -0.05) is 66.0 Å². The van der Waals surface area contributed by atoms with Crippen LogP contribution < -0.4 is 0 Å². The van der Waals surface area contributed by atoms with Crippen molar-refractivity contribution in [3.63, 3.8) is 0 Å². The number of nitrogens with zero attached hydrogens (tertiary/aromatic N) is 3. The van der Waals surface area contributed by atoms with Gasteiger partial charge < -0.3 is 9.47 Å². The maximum atomic E-state index is 10.3. The maximum Gasteiger partial charge on any atom is 0.244 e. The molecule has 6 nitrogen and oxygen atoms in total. The van der Waals surface area contributed by atoms with E-state index in [0.29, 0.717) is 16.1 Å². The fourth-order valence-corrected chi connectivity index (χ4v) is 5.15. The molecular weight excluding hydrogens is 435 g/mol. The third-order valence-corrected chi connectivity index (χ3v) is 6.93. The number of nitrogens with one attached hydrogen (secondary N) is 1. The highest BCUT2D eigenvalue weighted by atomic mass is 35.5. The van der Waals surface area contributed by atoms with Crippen LogP contribution >= 0.6 is 23.2 Å². The van der Waals surface area contributed by atoms with Crippen molar-refractivity contribution in [2.45, 2.75) is 25.7 Å². The summed E-state index contributed by atoms with van der Waals surface area (Å²) in [6.45, 7) is 3.59. The summed E-state index contributed by atoms with van der Waals surface area (Å²) in [6.07, 6.45) is -1.27. The minimum atomic E-state index is -2.08. The van der Waals surface area contributed by atoms with Gasteiger partial charge in [0.25, 0.3) is 0 Å². The average molecular weight is 451 g/mol. The van der Waals surface area contributed by atoms with E-state index in [9.17, 15) is 15.8 Å². The molecule has 8 heteroatoms. The van der Waals surface area contributed by atoms with Crippen LogP contribution in [0, 0.1) is 63.1 Å². The van der Waals surface area contributed by atoms with Crippen LogP contribution in [-0.2, 0) is 15.3 Å². The molecule has 0 aromatic heterocycles. The van der Waals surface area contributed by atoms with Crippen molar-refractivity contribution in [2.24, 2.45) is 16.7 Å². The Morgan fingerprint density at radius 1 is 1.00 bits per heavy atom. The molecule has 154 valence electrons. The SMILES string of the molecule is Cc1ccc(C23OC(=N)C(C#N)(C2C)C(C#N)(C#N)C(c2ccc(Cl)cc2Cl)O3)cc1. The largest absolute Gasteiger partial charge is 0.443 e. The van der Waals surface area contributed by atoms with E-state index >= 15 is 0 Å². The summed E-state index contributed by atoms with van der Waals surface area (Å²) in [5.41, 5.74) is -2.07. The molecule has 0 saturated carbocycles. The lowest BCUT2D eigenvalue weighted by molar-refractivity contribution is -0.288. The van der Waals surface area contributed by atoms with Crippen LogP contribution in [0.15, 0.2) is 42.5 Å². The number of hydrogen-bond acceptors (Lipinski definition) is 6. The first kappa shape index (κ1) is 21.2. The highest BCUT2D eigenvalue weighted by Gasteiger charge is 2.79. The summed E-state index contributed by atoms with van der Waals surface area (Å²) < 4.78 is 12.4. The molecule has 4 unspecified atom stereocenters. The van der Waals surface area contributed by atoms with Gasteiger partial charge in [-0.25, -0.2) is 0 Å². The van der Waals surface area contributed by atoms with Gasteiger partial charge in [0, 0.05) is 21.2 Å². The van der Waals surface area contributed by atoms with E-state index in [1.807, 2.05) is 31.2 Å². The van der Waals surface area contributed by atoms with Crippen molar-refractivity contribution in [3.8, 4) is 18.2 Å². The van der Waals surface area contributed by atoms with Crippen molar-refractivity contribution in [2.75, 3.05) is 0 Å². The lowest BCUT2D eigenvalue weighted by Gasteiger charge is -2.49. The van der Waals surface area contributed by atoms with E-state index in [1.165, 1.54) is 6.07 Å². The summed E-state index contributed by atoms with van der Waals surface area (Å²) in [5.74, 6) is -2.86. The van der Waals surface area contributed by atoms with E-state index in [4.69, 9.17) is 38.1 Å². The number of nitriles is 3. The van der Waals surface area contributed by atoms with E-state index in [0.717, 1.165) is 5.56 Å². The minimum Gasteiger partial charge on any atom is -0.443 e. The summed E-state index contributed by atoms with van der Waals surface area (Å²) in [7, 11) is 0. The van der Waals surface area contributed by atoms with Crippen molar-refractivity contribution >= 4 is 29.1 Å². The second-order valence-corrected chi connectivity index (χ2v) is 8.65. The molecule has 2 saturated heterocycles. The molecule has 2 aliphatic rings. The fraction of sp³-hybridized carbons (Fsp3) is 0.304. The topological polar surface area (TPSA) is 114 Å². The zero-order chi connectivity index (χ0) is 22.6. The van der Waals surface area contributed by atoms with E-state index < -0.39 is 34.5 Å². The predicted octanol–water partition coefficient (Wildman–Crippen LogP) is 5.41. The van der Waals surface area contributed by atoms with Gasteiger partial charge in [0.1, 0.15) is 6.10 Å². The lowest BCUT2D eigenvalue weighted by atomic mass is 9.53. The number of aryl methyl sites for hydroxylation is 1. The number of ether oxygens (including phenoxy) is 2. The fourth-order valence-electron chi connectivity index (χ4n) is 4.65. The van der Waals surface area contributed by atoms with Crippen molar-refractivity contribution in [3.05, 3.63) is 69.2 Å². The molecule has 0 radical (unpaired) electrons. The highest BCUT2D eigenvalue weighted by molar-refractivity contribution is 6.35. The van der Waals surface area contributed by atoms with Crippen molar-refractivity contribution in [1.82, 2.24) is 0 Å². The Bertz CT molecular complexity index is 1210. The van der Waals surface area contributed by atoms with Crippen molar-refractivity contribution in [1.29, 1.82) is 21.2 Å². The van der Waals surface area contributed by atoms with Crippen molar-refractivity contribution < 1.29 is 9.47 Å². The summed E-state index contributed by atoms with van der Waals surface area (Å²) in [6, 6.07) is 18.0. The first-order chi connectivity index (χ1) is 14.7. The highest BCUT2D eigenvalue weighted by Crippen LogP contribution is 2.69. The number of rotatable bonds is 2. The van der Waals surface area contributed by atoms with Crippen LogP contribution in [0.25, 0.3) is 0 Å². The average Bonchev–Trinajstić information content (AvgIpc) is 2.91. The minimum absolute atomic E-state index is 0.181. The standard InChI is InChI=1S/C23H16Cl2N4O2/c1-13-3-5-15(6-4-13)23-14(2)22(12-28,20(29)31-23)21(10-26,11-27)19(30-23)17-8-7-16(24)9-18(17)25/h3-9,14,19,29H,1-2H3. The molecule has 1 N–H and O–H groups in total. The molecule has 0 aliphatic carbocycles. The normalized spacial score (nSPS) is 30.5. The van der Waals surface area contributed by atoms with Crippen LogP contribution in [0.2, 0.25) is 10.0 Å². The third-order valence-electron chi connectivity index (χ3n) is 6.37. The number of halogens is 2. The van der Waals surface area contributed by atoms with Gasteiger partial charge in [-0.15, -0.1) is 0 Å². The van der Waals surface area contributed by atoms with E-state index in [2.05, 4.69) is 6.07 Å².